The highest BCUT2D eigenvalue weighted by atomic mass is 16.1. The maximum Gasteiger partial charge on any atom is 0.155 e. The third-order valence-corrected chi connectivity index (χ3v) is 2.41. The van der Waals surface area contributed by atoms with E-state index in [4.69, 9.17) is 0 Å². The molecule has 0 amide bonds. The van der Waals surface area contributed by atoms with Crippen LogP contribution in [0, 0.1) is 5.92 Å². The molecule has 0 aromatic rings. The predicted octanol–water partition coefficient (Wildman–Crippen LogP) is 2.71. The fourth-order valence-electron chi connectivity index (χ4n) is 1.71. The molecule has 1 aliphatic carbocycles. The fraction of sp³-hybridized carbons (Fsp3) is 0.700. The van der Waals surface area contributed by atoms with E-state index in [-0.39, 0.29) is 0 Å². The highest BCUT2D eigenvalue weighted by molar-refractivity contribution is 5.91. The zero-order valence-electron chi connectivity index (χ0n) is 7.39. The van der Waals surface area contributed by atoms with Crippen LogP contribution in [0.2, 0.25) is 0 Å². The standard InChI is InChI=1S/C10H16O/c1-3-4-9-5-6-10(11)7-8(9)2/h7,9H,3-6H2,1-2H3/t9-/m0/s1. The molecule has 1 heteroatoms. The Morgan fingerprint density at radius 1 is 1.64 bits per heavy atom. The van der Waals surface area contributed by atoms with E-state index in [0.29, 0.717) is 11.7 Å². The monoisotopic (exact) mass is 152 g/mol. The molecule has 0 saturated heterocycles. The number of rotatable bonds is 2. The Bertz CT molecular complexity index is 179. The molecule has 0 fully saturated rings. The van der Waals surface area contributed by atoms with Gasteiger partial charge in [-0.15, -0.1) is 0 Å². The van der Waals surface area contributed by atoms with Crippen LogP contribution in [0.15, 0.2) is 11.6 Å². The first kappa shape index (κ1) is 8.51. The molecule has 0 bridgehead atoms. The number of carbonyl (C=O) groups is 1. The zero-order chi connectivity index (χ0) is 8.27. The van der Waals surface area contributed by atoms with Gasteiger partial charge < -0.3 is 0 Å². The molecule has 0 unspecified atom stereocenters. The van der Waals surface area contributed by atoms with Gasteiger partial charge in [0, 0.05) is 6.42 Å². The molecular weight excluding hydrogens is 136 g/mol. The summed E-state index contributed by atoms with van der Waals surface area (Å²) in [4.78, 5) is 10.9. The molecule has 0 saturated carbocycles. The van der Waals surface area contributed by atoms with Crippen molar-refractivity contribution in [2.75, 3.05) is 0 Å². The Labute approximate surface area is 68.5 Å². The highest BCUT2D eigenvalue weighted by Crippen LogP contribution is 2.26. The van der Waals surface area contributed by atoms with Gasteiger partial charge in [0.1, 0.15) is 0 Å². The van der Waals surface area contributed by atoms with Gasteiger partial charge in [0.05, 0.1) is 0 Å². The summed E-state index contributed by atoms with van der Waals surface area (Å²) >= 11 is 0. The summed E-state index contributed by atoms with van der Waals surface area (Å²) in [6, 6.07) is 0. The van der Waals surface area contributed by atoms with Crippen molar-refractivity contribution < 1.29 is 4.79 Å². The van der Waals surface area contributed by atoms with E-state index in [1.807, 2.05) is 6.08 Å². The minimum Gasteiger partial charge on any atom is -0.295 e. The summed E-state index contributed by atoms with van der Waals surface area (Å²) < 4.78 is 0. The zero-order valence-corrected chi connectivity index (χ0v) is 7.39. The lowest BCUT2D eigenvalue weighted by molar-refractivity contribution is -0.115. The average molecular weight is 152 g/mol. The first-order valence-corrected chi connectivity index (χ1v) is 4.45. The van der Waals surface area contributed by atoms with Crippen molar-refractivity contribution in [1.29, 1.82) is 0 Å². The largest absolute Gasteiger partial charge is 0.295 e. The van der Waals surface area contributed by atoms with Crippen LogP contribution in [0.3, 0.4) is 0 Å². The second-order valence-electron chi connectivity index (χ2n) is 3.38. The summed E-state index contributed by atoms with van der Waals surface area (Å²) in [5.41, 5.74) is 1.29. The molecule has 0 N–H and O–H groups in total. The molecule has 1 nitrogen and oxygen atoms in total. The minimum absolute atomic E-state index is 0.315. The first-order valence-electron chi connectivity index (χ1n) is 4.45. The van der Waals surface area contributed by atoms with Gasteiger partial charge in [-0.05, 0) is 31.8 Å². The summed E-state index contributed by atoms with van der Waals surface area (Å²) in [7, 11) is 0. The fourth-order valence-corrected chi connectivity index (χ4v) is 1.71. The van der Waals surface area contributed by atoms with Crippen molar-refractivity contribution in [3.63, 3.8) is 0 Å². The Balaban J connectivity index is 2.57. The van der Waals surface area contributed by atoms with Gasteiger partial charge in [0.25, 0.3) is 0 Å². The second-order valence-corrected chi connectivity index (χ2v) is 3.38. The van der Waals surface area contributed by atoms with E-state index in [1.165, 1.54) is 18.4 Å². The molecule has 1 atom stereocenters. The molecule has 0 aliphatic heterocycles. The Kier molecular flexibility index (Phi) is 2.86. The van der Waals surface area contributed by atoms with Crippen molar-refractivity contribution in [2.24, 2.45) is 5.92 Å². The third kappa shape index (κ3) is 2.18. The Morgan fingerprint density at radius 3 is 2.91 bits per heavy atom. The Morgan fingerprint density at radius 2 is 2.36 bits per heavy atom. The Hall–Kier alpha value is -0.590. The molecule has 0 aromatic carbocycles. The van der Waals surface area contributed by atoms with Crippen molar-refractivity contribution in [1.82, 2.24) is 0 Å². The lowest BCUT2D eigenvalue weighted by Crippen LogP contribution is -2.11. The van der Waals surface area contributed by atoms with Crippen molar-refractivity contribution in [3.8, 4) is 0 Å². The van der Waals surface area contributed by atoms with E-state index in [2.05, 4.69) is 13.8 Å². The predicted molar refractivity (Wildman–Crippen MR) is 46.4 cm³/mol. The molecule has 0 heterocycles. The van der Waals surface area contributed by atoms with Crippen LogP contribution in [-0.4, -0.2) is 5.78 Å². The minimum atomic E-state index is 0.315. The van der Waals surface area contributed by atoms with Crippen LogP contribution in [0.5, 0.6) is 0 Å². The number of hydrogen-bond acceptors (Lipinski definition) is 1. The third-order valence-electron chi connectivity index (χ3n) is 2.41. The normalized spacial score (nSPS) is 25.1. The van der Waals surface area contributed by atoms with Gasteiger partial charge in [0.2, 0.25) is 0 Å². The van der Waals surface area contributed by atoms with Crippen LogP contribution >= 0.6 is 0 Å². The van der Waals surface area contributed by atoms with Crippen LogP contribution < -0.4 is 0 Å². The summed E-state index contributed by atoms with van der Waals surface area (Å²) in [6.07, 6.45) is 6.14. The SMILES string of the molecule is CCC[C@H]1CCC(=O)C=C1C. The van der Waals surface area contributed by atoms with E-state index in [9.17, 15) is 4.79 Å². The average Bonchev–Trinajstić information content (AvgIpc) is 1.95. The van der Waals surface area contributed by atoms with Gasteiger partial charge in [-0.25, -0.2) is 0 Å². The van der Waals surface area contributed by atoms with Gasteiger partial charge in [-0.2, -0.15) is 0 Å². The number of ketones is 1. The van der Waals surface area contributed by atoms with E-state index >= 15 is 0 Å². The first-order chi connectivity index (χ1) is 5.24. The van der Waals surface area contributed by atoms with Gasteiger partial charge in [-0.3, -0.25) is 4.79 Å². The van der Waals surface area contributed by atoms with Crippen LogP contribution in [0.25, 0.3) is 0 Å². The maximum atomic E-state index is 10.9. The molecular formula is C10H16O. The van der Waals surface area contributed by atoms with Crippen molar-refractivity contribution in [3.05, 3.63) is 11.6 Å². The summed E-state index contributed by atoms with van der Waals surface area (Å²) in [6.45, 7) is 4.28. The van der Waals surface area contributed by atoms with Crippen molar-refractivity contribution in [2.45, 2.75) is 39.5 Å². The molecule has 1 rings (SSSR count). The molecule has 1 aliphatic rings. The smallest absolute Gasteiger partial charge is 0.155 e. The topological polar surface area (TPSA) is 17.1 Å². The number of carbonyl (C=O) groups excluding carboxylic acids is 1. The lowest BCUT2D eigenvalue weighted by atomic mass is 9.85. The molecule has 62 valence electrons. The van der Waals surface area contributed by atoms with Crippen LogP contribution in [0.4, 0.5) is 0 Å². The van der Waals surface area contributed by atoms with E-state index < -0.39 is 0 Å². The van der Waals surface area contributed by atoms with Gasteiger partial charge >= 0.3 is 0 Å². The molecule has 11 heavy (non-hydrogen) atoms. The van der Waals surface area contributed by atoms with Crippen LogP contribution in [-0.2, 0) is 4.79 Å². The molecule has 0 spiro atoms. The molecule has 0 radical (unpaired) electrons. The van der Waals surface area contributed by atoms with Gasteiger partial charge in [-0.1, -0.05) is 18.9 Å². The highest BCUT2D eigenvalue weighted by Gasteiger charge is 2.16. The van der Waals surface area contributed by atoms with E-state index in [1.54, 1.807) is 0 Å². The van der Waals surface area contributed by atoms with Crippen molar-refractivity contribution >= 4 is 5.78 Å². The maximum absolute atomic E-state index is 10.9. The summed E-state index contributed by atoms with van der Waals surface area (Å²) in [5.74, 6) is 1.01. The second kappa shape index (κ2) is 3.70. The van der Waals surface area contributed by atoms with E-state index in [0.717, 1.165) is 12.8 Å². The lowest BCUT2D eigenvalue weighted by Gasteiger charge is -2.19. The molecule has 0 aromatic heterocycles. The van der Waals surface area contributed by atoms with Crippen LogP contribution in [0.1, 0.15) is 39.5 Å². The number of allylic oxidation sites excluding steroid dienone is 2. The summed E-state index contributed by atoms with van der Waals surface area (Å²) in [5, 5.41) is 0. The van der Waals surface area contributed by atoms with Gasteiger partial charge in [0.15, 0.2) is 5.78 Å². The quantitative estimate of drug-likeness (QED) is 0.594. The number of hydrogen-bond donors (Lipinski definition) is 0.